The highest BCUT2D eigenvalue weighted by atomic mass is 127. The molecule has 0 atom stereocenters. The third kappa shape index (κ3) is 2.59. The summed E-state index contributed by atoms with van der Waals surface area (Å²) in [4.78, 5) is 0. The maximum Gasteiger partial charge on any atom is 0.0133 e. The maximum atomic E-state index is 2.37. The van der Waals surface area contributed by atoms with Crippen LogP contribution in [0.4, 0.5) is 0 Å². The van der Waals surface area contributed by atoms with Gasteiger partial charge in [-0.25, -0.2) is 0 Å². The van der Waals surface area contributed by atoms with E-state index in [1.165, 1.54) is 37.4 Å². The van der Waals surface area contributed by atoms with Crippen molar-refractivity contribution in [3.63, 3.8) is 0 Å². The summed E-state index contributed by atoms with van der Waals surface area (Å²) in [5.74, 6) is 0. The molecule has 0 fully saturated rings. The van der Waals surface area contributed by atoms with Crippen LogP contribution in [0.2, 0.25) is 6.04 Å². The fraction of sp³-hybridized carbons (Fsp3) is 0.333. The van der Waals surface area contributed by atoms with E-state index in [0.29, 0.717) is 0 Å². The number of rotatable bonds is 2. The lowest BCUT2D eigenvalue weighted by Gasteiger charge is -2.03. The van der Waals surface area contributed by atoms with Gasteiger partial charge in [0.25, 0.3) is 0 Å². The van der Waals surface area contributed by atoms with Crippen molar-refractivity contribution in [3.8, 4) is 0 Å². The lowest BCUT2D eigenvalue weighted by molar-refractivity contribution is 1.10. The fourth-order valence-corrected chi connectivity index (χ4v) is 2.27. The Morgan fingerprint density at radius 2 is 2.18 bits per heavy atom. The van der Waals surface area contributed by atoms with Crippen LogP contribution in [0.15, 0.2) is 18.2 Å². The van der Waals surface area contributed by atoms with Gasteiger partial charge < -0.3 is 0 Å². The topological polar surface area (TPSA) is 0 Å². The standard InChI is InChI=1S/C9H13ISi/c1-7-2-3-9(10)6-8(7)4-5-11/h2-3,6H,4-5H2,1,11H3. The number of halogens is 1. The summed E-state index contributed by atoms with van der Waals surface area (Å²) in [7, 11) is 1.32. The molecule has 1 rings (SSSR count). The number of benzene rings is 1. The van der Waals surface area contributed by atoms with Gasteiger partial charge in [-0.05, 0) is 59.2 Å². The Kier molecular flexibility index (Phi) is 3.58. The first-order chi connectivity index (χ1) is 5.24. The Balaban J connectivity index is 2.93. The lowest BCUT2D eigenvalue weighted by atomic mass is 10.1. The van der Waals surface area contributed by atoms with Crippen LogP contribution in [0.1, 0.15) is 11.1 Å². The summed E-state index contributed by atoms with van der Waals surface area (Å²) in [6.45, 7) is 2.20. The van der Waals surface area contributed by atoms with Crippen molar-refractivity contribution in [1.82, 2.24) is 0 Å². The van der Waals surface area contributed by atoms with Crippen molar-refractivity contribution in [3.05, 3.63) is 32.9 Å². The molecule has 0 aliphatic rings. The van der Waals surface area contributed by atoms with E-state index in [0.717, 1.165) is 0 Å². The third-order valence-electron chi connectivity index (χ3n) is 1.83. The van der Waals surface area contributed by atoms with E-state index in [1.807, 2.05) is 0 Å². The molecule has 0 aliphatic carbocycles. The summed E-state index contributed by atoms with van der Waals surface area (Å²) in [6.07, 6.45) is 1.27. The van der Waals surface area contributed by atoms with Gasteiger partial charge in [0, 0.05) is 13.8 Å². The van der Waals surface area contributed by atoms with Crippen LogP contribution >= 0.6 is 22.6 Å². The third-order valence-corrected chi connectivity index (χ3v) is 3.00. The Hall–Kier alpha value is 0.167. The van der Waals surface area contributed by atoms with Gasteiger partial charge in [-0.3, -0.25) is 0 Å². The van der Waals surface area contributed by atoms with Crippen LogP contribution in [0.25, 0.3) is 0 Å². The molecule has 0 bridgehead atoms. The van der Waals surface area contributed by atoms with E-state index in [1.54, 1.807) is 0 Å². The second-order valence-corrected chi connectivity index (χ2v) is 5.07. The molecule has 11 heavy (non-hydrogen) atoms. The van der Waals surface area contributed by atoms with Gasteiger partial charge in [-0.2, -0.15) is 0 Å². The molecule has 0 nitrogen and oxygen atoms in total. The quantitative estimate of drug-likeness (QED) is 0.572. The highest BCUT2D eigenvalue weighted by molar-refractivity contribution is 14.1. The molecular weight excluding hydrogens is 263 g/mol. The van der Waals surface area contributed by atoms with Crippen molar-refractivity contribution in [2.45, 2.75) is 19.4 Å². The number of hydrogen-bond donors (Lipinski definition) is 0. The number of hydrogen-bond acceptors (Lipinski definition) is 0. The van der Waals surface area contributed by atoms with Crippen LogP contribution in [0, 0.1) is 10.5 Å². The minimum absolute atomic E-state index is 1.27. The van der Waals surface area contributed by atoms with Gasteiger partial charge in [0.1, 0.15) is 0 Å². The molecule has 0 spiro atoms. The molecular formula is C9H13ISi. The molecule has 0 heterocycles. The first-order valence-corrected chi connectivity index (χ1v) is 6.48. The van der Waals surface area contributed by atoms with E-state index in [-0.39, 0.29) is 0 Å². The zero-order chi connectivity index (χ0) is 8.27. The first kappa shape index (κ1) is 9.26. The Morgan fingerprint density at radius 1 is 1.45 bits per heavy atom. The van der Waals surface area contributed by atoms with Gasteiger partial charge in [0.05, 0.1) is 0 Å². The minimum atomic E-state index is 1.27. The molecule has 0 unspecified atom stereocenters. The molecule has 0 aromatic heterocycles. The normalized spacial score (nSPS) is 10.4. The largest absolute Gasteiger partial charge is 0.0619 e. The molecule has 0 amide bonds. The monoisotopic (exact) mass is 276 g/mol. The van der Waals surface area contributed by atoms with E-state index in [9.17, 15) is 0 Å². The van der Waals surface area contributed by atoms with Crippen LogP contribution < -0.4 is 0 Å². The van der Waals surface area contributed by atoms with Gasteiger partial charge >= 0.3 is 0 Å². The van der Waals surface area contributed by atoms with E-state index in [2.05, 4.69) is 47.7 Å². The average Bonchev–Trinajstić information content (AvgIpc) is 1.98. The molecule has 2 heteroatoms. The van der Waals surface area contributed by atoms with Gasteiger partial charge in [0.15, 0.2) is 0 Å². The summed E-state index contributed by atoms with van der Waals surface area (Å²) in [5, 5.41) is 0. The first-order valence-electron chi connectivity index (χ1n) is 3.99. The zero-order valence-electron chi connectivity index (χ0n) is 7.02. The molecule has 0 aliphatic heterocycles. The second kappa shape index (κ2) is 4.26. The molecule has 1 aromatic carbocycles. The van der Waals surface area contributed by atoms with Gasteiger partial charge in [-0.1, -0.05) is 12.1 Å². The molecule has 60 valence electrons. The van der Waals surface area contributed by atoms with E-state index in [4.69, 9.17) is 0 Å². The Labute approximate surface area is 85.0 Å². The lowest BCUT2D eigenvalue weighted by Crippen LogP contribution is -1.89. The molecule has 0 saturated carbocycles. The van der Waals surface area contributed by atoms with Crippen molar-refractivity contribution >= 4 is 32.8 Å². The number of aryl methyl sites for hydroxylation is 2. The van der Waals surface area contributed by atoms with E-state index >= 15 is 0 Å². The Bertz CT molecular complexity index is 245. The van der Waals surface area contributed by atoms with Crippen molar-refractivity contribution in [2.24, 2.45) is 0 Å². The smallest absolute Gasteiger partial charge is 0.0133 e. The molecule has 0 saturated heterocycles. The molecule has 0 radical (unpaired) electrons. The van der Waals surface area contributed by atoms with Crippen LogP contribution in [0.3, 0.4) is 0 Å². The Morgan fingerprint density at radius 3 is 2.82 bits per heavy atom. The predicted octanol–water partition coefficient (Wildman–Crippen LogP) is 1.93. The summed E-state index contributed by atoms with van der Waals surface area (Å²) < 4.78 is 1.36. The van der Waals surface area contributed by atoms with Crippen molar-refractivity contribution < 1.29 is 0 Å². The molecule has 1 aromatic rings. The van der Waals surface area contributed by atoms with Crippen molar-refractivity contribution in [1.29, 1.82) is 0 Å². The molecule has 0 N–H and O–H groups in total. The van der Waals surface area contributed by atoms with Crippen LogP contribution in [-0.4, -0.2) is 10.2 Å². The second-order valence-electron chi connectivity index (χ2n) is 2.82. The summed E-state index contributed by atoms with van der Waals surface area (Å²) in [6, 6.07) is 8.07. The highest BCUT2D eigenvalue weighted by Gasteiger charge is 1.96. The summed E-state index contributed by atoms with van der Waals surface area (Å²) in [5.41, 5.74) is 2.98. The van der Waals surface area contributed by atoms with E-state index < -0.39 is 0 Å². The fourth-order valence-electron chi connectivity index (χ4n) is 1.18. The van der Waals surface area contributed by atoms with Gasteiger partial charge in [0.2, 0.25) is 0 Å². The maximum absolute atomic E-state index is 2.37. The minimum Gasteiger partial charge on any atom is -0.0619 e. The predicted molar refractivity (Wildman–Crippen MR) is 62.3 cm³/mol. The zero-order valence-corrected chi connectivity index (χ0v) is 11.2. The highest BCUT2D eigenvalue weighted by Crippen LogP contribution is 2.14. The van der Waals surface area contributed by atoms with Crippen LogP contribution in [-0.2, 0) is 6.42 Å². The van der Waals surface area contributed by atoms with Gasteiger partial charge in [-0.15, -0.1) is 0 Å². The summed E-state index contributed by atoms with van der Waals surface area (Å²) >= 11 is 2.37. The average molecular weight is 276 g/mol. The van der Waals surface area contributed by atoms with Crippen LogP contribution in [0.5, 0.6) is 0 Å². The van der Waals surface area contributed by atoms with Crippen molar-refractivity contribution in [2.75, 3.05) is 0 Å². The SMILES string of the molecule is Cc1ccc(I)cc1CC[SiH3].